The van der Waals surface area contributed by atoms with Gasteiger partial charge in [0, 0.05) is 0 Å². The van der Waals surface area contributed by atoms with E-state index >= 15 is 0 Å². The second kappa shape index (κ2) is 5.32. The molecule has 1 amide bonds. The van der Waals surface area contributed by atoms with Gasteiger partial charge in [0.1, 0.15) is 11.5 Å². The Morgan fingerprint density at radius 1 is 1.33 bits per heavy atom. The van der Waals surface area contributed by atoms with E-state index < -0.39 is 17.3 Å². The molecule has 1 N–H and O–H groups in total. The number of ether oxygens (including phenoxy) is 1. The van der Waals surface area contributed by atoms with Crippen LogP contribution >= 0.6 is 0 Å². The number of methoxy groups -OCH3 is 1. The molecule has 0 saturated carbocycles. The zero-order chi connectivity index (χ0) is 13.8. The number of para-hydroxylation sites is 1. The summed E-state index contributed by atoms with van der Waals surface area (Å²) in [4.78, 5) is 23.5. The summed E-state index contributed by atoms with van der Waals surface area (Å²) >= 11 is 0. The van der Waals surface area contributed by atoms with Crippen LogP contribution in [-0.4, -0.2) is 19.0 Å². The topological polar surface area (TPSA) is 79.2 Å². The normalized spacial score (nSPS) is 10.3. The van der Waals surface area contributed by atoms with Crippen molar-refractivity contribution in [2.75, 3.05) is 12.4 Å². The minimum absolute atomic E-state index is 0.339. The second-order valence-electron chi connectivity index (χ2n) is 4.23. The standard InChI is InChI=1S/C13H14N2O3/c1-13(2,12(17)18-3)11(16)15-10-7-5-4-6-9(10)8-14/h4-7H,1-3H3,(H,15,16). The SMILES string of the molecule is COC(=O)C(C)(C)C(=O)Nc1ccccc1C#N. The van der Waals surface area contributed by atoms with Gasteiger partial charge in [-0.3, -0.25) is 9.59 Å². The maximum atomic E-state index is 12.0. The first kappa shape index (κ1) is 13.7. The number of amides is 1. The van der Waals surface area contributed by atoms with Crippen LogP contribution in [0.25, 0.3) is 0 Å². The molecule has 0 aliphatic heterocycles. The van der Waals surface area contributed by atoms with Gasteiger partial charge in [0.15, 0.2) is 0 Å². The maximum absolute atomic E-state index is 12.0. The van der Waals surface area contributed by atoms with Crippen LogP contribution in [0.3, 0.4) is 0 Å². The summed E-state index contributed by atoms with van der Waals surface area (Å²) < 4.78 is 4.57. The number of carbonyl (C=O) groups excluding carboxylic acids is 2. The summed E-state index contributed by atoms with van der Waals surface area (Å²) in [5.74, 6) is -1.15. The number of esters is 1. The van der Waals surface area contributed by atoms with E-state index in [0.717, 1.165) is 0 Å². The van der Waals surface area contributed by atoms with E-state index in [9.17, 15) is 9.59 Å². The lowest BCUT2D eigenvalue weighted by Crippen LogP contribution is -2.38. The Hall–Kier alpha value is -2.35. The highest BCUT2D eigenvalue weighted by Crippen LogP contribution is 2.22. The molecule has 5 nitrogen and oxygen atoms in total. The van der Waals surface area contributed by atoms with Crippen LogP contribution in [0.5, 0.6) is 0 Å². The number of nitrogens with zero attached hydrogens (tertiary/aromatic N) is 1. The molecule has 0 radical (unpaired) electrons. The van der Waals surface area contributed by atoms with Gasteiger partial charge < -0.3 is 10.1 Å². The highest BCUT2D eigenvalue weighted by atomic mass is 16.5. The number of hydrogen-bond donors (Lipinski definition) is 1. The van der Waals surface area contributed by atoms with E-state index in [-0.39, 0.29) is 0 Å². The Kier molecular flexibility index (Phi) is 4.05. The average molecular weight is 246 g/mol. The lowest BCUT2D eigenvalue weighted by molar-refractivity contribution is -0.154. The zero-order valence-electron chi connectivity index (χ0n) is 10.5. The quantitative estimate of drug-likeness (QED) is 0.650. The van der Waals surface area contributed by atoms with Gasteiger partial charge >= 0.3 is 5.97 Å². The highest BCUT2D eigenvalue weighted by molar-refractivity contribution is 6.08. The van der Waals surface area contributed by atoms with Crippen molar-refractivity contribution >= 4 is 17.6 Å². The minimum Gasteiger partial charge on any atom is -0.468 e. The van der Waals surface area contributed by atoms with Crippen LogP contribution in [0.2, 0.25) is 0 Å². The first-order valence-electron chi connectivity index (χ1n) is 5.32. The van der Waals surface area contributed by atoms with Gasteiger partial charge in [-0.1, -0.05) is 12.1 Å². The summed E-state index contributed by atoms with van der Waals surface area (Å²) in [6, 6.07) is 8.54. The molecule has 0 bridgehead atoms. The van der Waals surface area contributed by atoms with Gasteiger partial charge in [-0.05, 0) is 26.0 Å². The van der Waals surface area contributed by atoms with Crippen molar-refractivity contribution in [2.24, 2.45) is 5.41 Å². The summed E-state index contributed by atoms with van der Waals surface area (Å²) in [6.07, 6.45) is 0. The molecule has 1 aromatic rings. The number of rotatable bonds is 3. The molecule has 1 rings (SSSR count). The monoisotopic (exact) mass is 246 g/mol. The molecule has 0 fully saturated rings. The van der Waals surface area contributed by atoms with Crippen LogP contribution < -0.4 is 5.32 Å². The van der Waals surface area contributed by atoms with Crippen molar-refractivity contribution in [3.05, 3.63) is 29.8 Å². The molecule has 0 aliphatic rings. The van der Waals surface area contributed by atoms with Crippen molar-refractivity contribution in [1.29, 1.82) is 5.26 Å². The number of anilines is 1. The molecule has 1 aromatic carbocycles. The van der Waals surface area contributed by atoms with E-state index in [1.165, 1.54) is 21.0 Å². The smallest absolute Gasteiger partial charge is 0.320 e. The molecule has 0 spiro atoms. The Morgan fingerprint density at radius 2 is 1.94 bits per heavy atom. The lowest BCUT2D eigenvalue weighted by atomic mass is 9.92. The molecule has 0 heterocycles. The summed E-state index contributed by atoms with van der Waals surface area (Å²) in [6.45, 7) is 2.92. The number of benzene rings is 1. The number of carbonyl (C=O) groups is 2. The molecule has 0 aromatic heterocycles. The minimum atomic E-state index is -1.31. The van der Waals surface area contributed by atoms with Crippen molar-refractivity contribution in [3.63, 3.8) is 0 Å². The molecule has 0 unspecified atom stereocenters. The predicted octanol–water partition coefficient (Wildman–Crippen LogP) is 1.70. The molecule has 94 valence electrons. The van der Waals surface area contributed by atoms with Crippen molar-refractivity contribution in [1.82, 2.24) is 0 Å². The van der Waals surface area contributed by atoms with E-state index in [2.05, 4.69) is 10.1 Å². The first-order valence-corrected chi connectivity index (χ1v) is 5.32. The molecule has 0 aliphatic carbocycles. The zero-order valence-corrected chi connectivity index (χ0v) is 10.5. The molecule has 5 heteroatoms. The summed E-state index contributed by atoms with van der Waals surface area (Å²) in [7, 11) is 1.22. The van der Waals surface area contributed by atoms with E-state index in [1.807, 2.05) is 6.07 Å². The number of nitriles is 1. The Morgan fingerprint density at radius 3 is 2.50 bits per heavy atom. The van der Waals surface area contributed by atoms with Gasteiger partial charge in [0.2, 0.25) is 5.91 Å². The first-order chi connectivity index (χ1) is 8.43. The van der Waals surface area contributed by atoms with E-state index in [0.29, 0.717) is 11.3 Å². The van der Waals surface area contributed by atoms with Gasteiger partial charge in [-0.2, -0.15) is 5.26 Å². The fourth-order valence-electron chi connectivity index (χ4n) is 1.32. The highest BCUT2D eigenvalue weighted by Gasteiger charge is 2.37. The van der Waals surface area contributed by atoms with Crippen molar-refractivity contribution in [3.8, 4) is 6.07 Å². The van der Waals surface area contributed by atoms with Crippen LogP contribution in [0, 0.1) is 16.7 Å². The third-order valence-corrected chi connectivity index (χ3v) is 2.56. The number of nitrogens with one attached hydrogen (secondary N) is 1. The van der Waals surface area contributed by atoms with Gasteiger partial charge in [-0.15, -0.1) is 0 Å². The van der Waals surface area contributed by atoms with Crippen molar-refractivity contribution < 1.29 is 14.3 Å². The van der Waals surface area contributed by atoms with Gasteiger partial charge in [0.05, 0.1) is 18.4 Å². The predicted molar refractivity (Wildman–Crippen MR) is 65.6 cm³/mol. The van der Waals surface area contributed by atoms with E-state index in [1.54, 1.807) is 24.3 Å². The van der Waals surface area contributed by atoms with Gasteiger partial charge in [0.25, 0.3) is 0 Å². The third kappa shape index (κ3) is 2.66. The molecule has 18 heavy (non-hydrogen) atoms. The van der Waals surface area contributed by atoms with Crippen molar-refractivity contribution in [2.45, 2.75) is 13.8 Å². The van der Waals surface area contributed by atoms with Crippen LogP contribution in [0.15, 0.2) is 24.3 Å². The second-order valence-corrected chi connectivity index (χ2v) is 4.23. The van der Waals surface area contributed by atoms with Gasteiger partial charge in [-0.25, -0.2) is 0 Å². The summed E-state index contributed by atoms with van der Waals surface area (Å²) in [5.41, 5.74) is -0.592. The fraction of sp³-hybridized carbons (Fsp3) is 0.308. The van der Waals surface area contributed by atoms with Crippen LogP contribution in [0.4, 0.5) is 5.69 Å². The van der Waals surface area contributed by atoms with Crippen LogP contribution in [-0.2, 0) is 14.3 Å². The Labute approximate surface area is 105 Å². The fourth-order valence-corrected chi connectivity index (χ4v) is 1.32. The largest absolute Gasteiger partial charge is 0.468 e. The van der Waals surface area contributed by atoms with E-state index in [4.69, 9.17) is 5.26 Å². The molecule has 0 atom stereocenters. The lowest BCUT2D eigenvalue weighted by Gasteiger charge is -2.20. The Balaban J connectivity index is 2.95. The maximum Gasteiger partial charge on any atom is 0.320 e. The third-order valence-electron chi connectivity index (χ3n) is 2.56. The summed E-state index contributed by atoms with van der Waals surface area (Å²) in [5, 5.41) is 11.5. The average Bonchev–Trinajstić information content (AvgIpc) is 2.38. The Bertz CT molecular complexity index is 515. The molecular weight excluding hydrogens is 232 g/mol. The molecule has 0 saturated heterocycles. The number of hydrogen-bond acceptors (Lipinski definition) is 4. The van der Waals surface area contributed by atoms with Crippen LogP contribution in [0.1, 0.15) is 19.4 Å². The molecular formula is C13H14N2O3.